The van der Waals surface area contributed by atoms with Crippen molar-refractivity contribution >= 4 is 10.8 Å². The lowest BCUT2D eigenvalue weighted by atomic mass is 9.48. The number of hydrogen-bond donors (Lipinski definition) is 0. The van der Waals surface area contributed by atoms with Gasteiger partial charge >= 0.3 is 0 Å². The van der Waals surface area contributed by atoms with Crippen molar-refractivity contribution in [2.24, 2.45) is 24.8 Å². The summed E-state index contributed by atoms with van der Waals surface area (Å²) >= 11 is 0. The zero-order valence-electron chi connectivity index (χ0n) is 19.0. The molecule has 4 aliphatic carbocycles. The van der Waals surface area contributed by atoms with Gasteiger partial charge in [0.25, 0.3) is 0 Å². The molecule has 1 heterocycles. The Bertz CT molecular complexity index is 1140. The van der Waals surface area contributed by atoms with Gasteiger partial charge in [0.2, 0.25) is 5.69 Å². The third kappa shape index (κ3) is 2.62. The molecule has 0 atom stereocenters. The van der Waals surface area contributed by atoms with Crippen molar-refractivity contribution in [3.05, 3.63) is 65.3 Å². The number of aryl methyl sites for hydroxylation is 2. The van der Waals surface area contributed by atoms with E-state index in [1.54, 1.807) is 5.56 Å². The largest absolute Gasteiger partial charge is 0.220 e. The second kappa shape index (κ2) is 6.17. The molecule has 1 nitrogen and oxygen atoms in total. The summed E-state index contributed by atoms with van der Waals surface area (Å²) in [6.45, 7) is 4.31. The fourth-order valence-electron chi connectivity index (χ4n) is 7.43. The quantitative estimate of drug-likeness (QED) is 0.450. The van der Waals surface area contributed by atoms with E-state index in [4.69, 9.17) is 1.37 Å². The molecule has 2 aromatic carbocycles. The van der Waals surface area contributed by atoms with Gasteiger partial charge in [-0.15, -0.1) is 0 Å². The molecule has 4 fully saturated rings. The molecule has 3 aromatic rings. The van der Waals surface area contributed by atoms with Gasteiger partial charge in [-0.2, -0.15) is 0 Å². The Morgan fingerprint density at radius 3 is 2.31 bits per heavy atom. The van der Waals surface area contributed by atoms with Crippen molar-refractivity contribution in [3.63, 3.8) is 0 Å². The average Bonchev–Trinajstić information content (AvgIpc) is 2.69. The summed E-state index contributed by atoms with van der Waals surface area (Å²) < 4.78 is 10.5. The van der Waals surface area contributed by atoms with E-state index in [2.05, 4.69) is 55.9 Å². The molecule has 1 aromatic heterocycles. The van der Waals surface area contributed by atoms with Gasteiger partial charge in [-0.3, -0.25) is 0 Å². The van der Waals surface area contributed by atoms with Gasteiger partial charge in [-0.1, -0.05) is 24.2 Å². The standard InChI is InChI=1S/C28H32N/c1-18-5-4-6-25(19(18)2)27-26-8-7-24(14-23(26)9-10-29(27)3)28-15-20-11-21(16-28)13-22(12-20)17-28/h4-10,14,20-22H,11-13,15-17H2,1-3H3/q+1/i4D. The number of nitrogens with zero attached hydrogens (tertiary/aromatic N) is 1. The van der Waals surface area contributed by atoms with Crippen LogP contribution in [-0.2, 0) is 12.5 Å². The highest BCUT2D eigenvalue weighted by Crippen LogP contribution is 2.60. The molecule has 1 heteroatoms. The van der Waals surface area contributed by atoms with Crippen LogP contribution in [0.25, 0.3) is 22.0 Å². The molecule has 0 amide bonds. The summed E-state index contributed by atoms with van der Waals surface area (Å²) in [5, 5.41) is 2.66. The lowest BCUT2D eigenvalue weighted by Gasteiger charge is -2.57. The van der Waals surface area contributed by atoms with Crippen molar-refractivity contribution in [3.8, 4) is 11.3 Å². The highest BCUT2D eigenvalue weighted by Gasteiger charge is 2.51. The van der Waals surface area contributed by atoms with E-state index < -0.39 is 0 Å². The minimum Gasteiger partial charge on any atom is -0.200 e. The lowest BCUT2D eigenvalue weighted by molar-refractivity contribution is -0.659. The number of rotatable bonds is 2. The van der Waals surface area contributed by atoms with Gasteiger partial charge in [0.05, 0.1) is 6.76 Å². The SMILES string of the molecule is [2H]c1cc(C)c(C)c(-c2c3ccc(C45CC6CC(CC(C6)C4)C5)cc3cc[n+]2C)c1. The average molecular weight is 384 g/mol. The van der Waals surface area contributed by atoms with Crippen LogP contribution in [-0.4, -0.2) is 0 Å². The molecule has 0 radical (unpaired) electrons. The van der Waals surface area contributed by atoms with Crippen molar-refractivity contribution in [2.75, 3.05) is 0 Å². The van der Waals surface area contributed by atoms with Crippen molar-refractivity contribution in [2.45, 2.75) is 57.8 Å². The summed E-state index contributed by atoms with van der Waals surface area (Å²) in [5.74, 6) is 2.92. The number of benzene rings is 2. The van der Waals surface area contributed by atoms with Crippen LogP contribution in [0, 0.1) is 31.6 Å². The van der Waals surface area contributed by atoms with Crippen LogP contribution in [0.15, 0.2) is 48.6 Å². The van der Waals surface area contributed by atoms with E-state index in [0.717, 1.165) is 17.8 Å². The van der Waals surface area contributed by atoms with E-state index in [0.29, 0.717) is 11.5 Å². The smallest absolute Gasteiger partial charge is 0.200 e. The Hall–Kier alpha value is -2.15. The molecule has 0 aliphatic heterocycles. The van der Waals surface area contributed by atoms with Gasteiger partial charge in [-0.25, -0.2) is 4.57 Å². The molecule has 148 valence electrons. The van der Waals surface area contributed by atoms with Gasteiger partial charge < -0.3 is 0 Å². The predicted octanol–water partition coefficient (Wildman–Crippen LogP) is 6.42. The summed E-state index contributed by atoms with van der Waals surface area (Å²) in [6, 6.07) is 14.2. The maximum Gasteiger partial charge on any atom is 0.220 e. The normalized spacial score (nSPS) is 30.7. The van der Waals surface area contributed by atoms with Crippen LogP contribution in [0.4, 0.5) is 0 Å². The topological polar surface area (TPSA) is 3.88 Å². The molecule has 7 rings (SSSR count). The molecular weight excluding hydrogens is 350 g/mol. The first-order valence-electron chi connectivity index (χ1n) is 11.9. The fraction of sp³-hybridized carbons (Fsp3) is 0.464. The minimum absolute atomic E-state index is 0.439. The predicted molar refractivity (Wildman–Crippen MR) is 120 cm³/mol. The number of hydrogen-bond acceptors (Lipinski definition) is 0. The monoisotopic (exact) mass is 383 g/mol. The molecule has 0 saturated heterocycles. The van der Waals surface area contributed by atoms with E-state index >= 15 is 0 Å². The van der Waals surface area contributed by atoms with E-state index in [-0.39, 0.29) is 0 Å². The van der Waals surface area contributed by atoms with Crippen LogP contribution >= 0.6 is 0 Å². The first-order chi connectivity index (χ1) is 14.4. The number of pyridine rings is 1. The Kier molecular flexibility index (Phi) is 3.54. The second-order valence-corrected chi connectivity index (χ2v) is 10.5. The minimum atomic E-state index is 0.439. The van der Waals surface area contributed by atoms with Gasteiger partial charge in [-0.05, 0) is 110 Å². The van der Waals surface area contributed by atoms with Crippen LogP contribution < -0.4 is 4.57 Å². The van der Waals surface area contributed by atoms with Crippen LogP contribution in [0.2, 0.25) is 0 Å². The highest BCUT2D eigenvalue weighted by molar-refractivity contribution is 5.94. The second-order valence-electron chi connectivity index (χ2n) is 10.5. The van der Waals surface area contributed by atoms with E-state index in [1.165, 1.54) is 71.7 Å². The third-order valence-electron chi connectivity index (χ3n) is 8.57. The summed E-state index contributed by atoms with van der Waals surface area (Å²) in [5.41, 5.74) is 6.93. The molecule has 0 N–H and O–H groups in total. The zero-order chi connectivity index (χ0) is 20.6. The summed E-state index contributed by atoms with van der Waals surface area (Å²) in [6.07, 6.45) is 10.9. The van der Waals surface area contributed by atoms with Crippen LogP contribution in [0.1, 0.15) is 56.6 Å². The maximum absolute atomic E-state index is 8.26. The zero-order valence-corrected chi connectivity index (χ0v) is 18.0. The van der Waals surface area contributed by atoms with Gasteiger partial charge in [0, 0.05) is 11.6 Å². The molecule has 0 spiro atoms. The molecule has 4 saturated carbocycles. The third-order valence-corrected chi connectivity index (χ3v) is 8.57. The first kappa shape index (κ1) is 16.6. The first-order valence-corrected chi connectivity index (χ1v) is 11.4. The molecule has 29 heavy (non-hydrogen) atoms. The van der Waals surface area contributed by atoms with Gasteiger partial charge in [0.1, 0.15) is 7.05 Å². The Balaban J connectivity index is 1.51. The number of fused-ring (bicyclic) bond motifs is 1. The van der Waals surface area contributed by atoms with Crippen molar-refractivity contribution in [1.29, 1.82) is 0 Å². The summed E-state index contributed by atoms with van der Waals surface area (Å²) in [7, 11) is 2.13. The van der Waals surface area contributed by atoms with E-state index in [9.17, 15) is 0 Å². The van der Waals surface area contributed by atoms with Crippen molar-refractivity contribution in [1.82, 2.24) is 0 Å². The maximum atomic E-state index is 8.26. The highest BCUT2D eigenvalue weighted by atomic mass is 14.9. The van der Waals surface area contributed by atoms with Crippen LogP contribution in [0.3, 0.4) is 0 Å². The van der Waals surface area contributed by atoms with Gasteiger partial charge in [0.15, 0.2) is 6.20 Å². The Labute approximate surface area is 176 Å². The number of aromatic nitrogens is 1. The molecular formula is C28H32N+. The Morgan fingerprint density at radius 1 is 0.931 bits per heavy atom. The Morgan fingerprint density at radius 2 is 1.62 bits per heavy atom. The van der Waals surface area contributed by atoms with E-state index in [1.807, 2.05) is 12.1 Å². The van der Waals surface area contributed by atoms with Crippen molar-refractivity contribution < 1.29 is 5.94 Å². The molecule has 0 unspecified atom stereocenters. The lowest BCUT2D eigenvalue weighted by Crippen LogP contribution is -2.48. The summed E-state index contributed by atoms with van der Waals surface area (Å²) in [4.78, 5) is 0. The molecule has 4 aliphatic rings. The van der Waals surface area contributed by atoms with Crippen LogP contribution in [0.5, 0.6) is 0 Å². The fourth-order valence-corrected chi connectivity index (χ4v) is 7.43. The molecule has 4 bridgehead atoms.